The first-order valence-electron chi connectivity index (χ1n) is 6.36. The van der Waals surface area contributed by atoms with Crippen molar-refractivity contribution in [3.05, 3.63) is 33.9 Å². The van der Waals surface area contributed by atoms with Gasteiger partial charge in [-0.3, -0.25) is 15.0 Å². The van der Waals surface area contributed by atoms with Crippen molar-refractivity contribution < 1.29 is 14.4 Å². The Morgan fingerprint density at radius 3 is 2.45 bits per heavy atom. The molecule has 7 nitrogen and oxygen atoms in total. The van der Waals surface area contributed by atoms with E-state index in [0.717, 1.165) is 18.7 Å². The highest BCUT2D eigenvalue weighted by atomic mass is 16.6. The van der Waals surface area contributed by atoms with E-state index < -0.39 is 4.92 Å². The van der Waals surface area contributed by atoms with E-state index in [9.17, 15) is 10.1 Å². The third-order valence-electron chi connectivity index (χ3n) is 3.63. The largest absolute Gasteiger partial charge is 0.398 e. The van der Waals surface area contributed by atoms with Crippen LogP contribution in [0.2, 0.25) is 0 Å². The summed E-state index contributed by atoms with van der Waals surface area (Å²) in [5, 5.41) is 10.8. The van der Waals surface area contributed by atoms with Gasteiger partial charge < -0.3 is 15.2 Å². The fourth-order valence-corrected chi connectivity index (χ4v) is 2.48. The number of ether oxygens (including phenoxy) is 2. The maximum absolute atomic E-state index is 10.8. The van der Waals surface area contributed by atoms with Crippen LogP contribution < -0.4 is 5.73 Å². The molecule has 110 valence electrons. The number of methoxy groups -OCH3 is 2. The minimum Gasteiger partial charge on any atom is -0.398 e. The monoisotopic (exact) mass is 281 g/mol. The van der Waals surface area contributed by atoms with E-state index in [1.807, 2.05) is 0 Å². The van der Waals surface area contributed by atoms with Crippen molar-refractivity contribution >= 4 is 11.4 Å². The third kappa shape index (κ3) is 3.06. The molecule has 2 N–H and O–H groups in total. The van der Waals surface area contributed by atoms with Gasteiger partial charge in [0.1, 0.15) is 0 Å². The number of likely N-dealkylation sites (tertiary alicyclic amines) is 1. The highest BCUT2D eigenvalue weighted by Crippen LogP contribution is 2.24. The molecule has 0 aliphatic carbocycles. The molecule has 0 saturated carbocycles. The van der Waals surface area contributed by atoms with Crippen LogP contribution in [-0.4, -0.2) is 49.3 Å². The normalized spacial score (nSPS) is 23.1. The first-order valence-corrected chi connectivity index (χ1v) is 6.36. The molecule has 0 spiro atoms. The average Bonchev–Trinajstić information content (AvgIpc) is 2.83. The summed E-state index contributed by atoms with van der Waals surface area (Å²) in [5.41, 5.74) is 7.26. The molecular formula is C13H19N3O4. The second kappa shape index (κ2) is 6.17. The van der Waals surface area contributed by atoms with Gasteiger partial charge in [-0.05, 0) is 11.6 Å². The summed E-state index contributed by atoms with van der Waals surface area (Å²) in [6.07, 6.45) is 0.0276. The van der Waals surface area contributed by atoms with E-state index >= 15 is 0 Å². The average molecular weight is 281 g/mol. The number of anilines is 1. The molecule has 1 aliphatic heterocycles. The highest BCUT2D eigenvalue weighted by Gasteiger charge is 2.33. The Bertz CT molecular complexity index is 483. The summed E-state index contributed by atoms with van der Waals surface area (Å²) in [7, 11) is 3.31. The fraction of sp³-hybridized carbons (Fsp3) is 0.538. The molecule has 2 rings (SSSR count). The van der Waals surface area contributed by atoms with Crippen molar-refractivity contribution in [1.29, 1.82) is 0 Å². The zero-order valence-corrected chi connectivity index (χ0v) is 11.6. The molecule has 1 aromatic rings. The number of non-ortho nitro benzene ring substituents is 1. The summed E-state index contributed by atoms with van der Waals surface area (Å²) < 4.78 is 10.7. The second-order valence-corrected chi connectivity index (χ2v) is 4.88. The molecule has 1 heterocycles. The van der Waals surface area contributed by atoms with Crippen LogP contribution in [0.25, 0.3) is 0 Å². The summed E-state index contributed by atoms with van der Waals surface area (Å²) >= 11 is 0. The van der Waals surface area contributed by atoms with Gasteiger partial charge in [0.2, 0.25) is 0 Å². The highest BCUT2D eigenvalue weighted by molar-refractivity contribution is 5.52. The van der Waals surface area contributed by atoms with E-state index in [2.05, 4.69) is 4.90 Å². The maximum atomic E-state index is 10.8. The van der Waals surface area contributed by atoms with Crippen LogP contribution >= 0.6 is 0 Å². The number of nitro benzene ring substituents is 1. The number of nitrogens with zero attached hydrogens (tertiary/aromatic N) is 2. The smallest absolute Gasteiger partial charge is 0.269 e. The zero-order valence-electron chi connectivity index (χ0n) is 11.6. The molecule has 0 bridgehead atoms. The van der Waals surface area contributed by atoms with E-state index in [-0.39, 0.29) is 17.9 Å². The summed E-state index contributed by atoms with van der Waals surface area (Å²) in [4.78, 5) is 12.5. The number of hydrogen-bond donors (Lipinski definition) is 1. The molecule has 0 amide bonds. The number of hydrogen-bond acceptors (Lipinski definition) is 6. The zero-order chi connectivity index (χ0) is 14.7. The number of benzene rings is 1. The van der Waals surface area contributed by atoms with Crippen molar-refractivity contribution in [2.24, 2.45) is 0 Å². The first kappa shape index (κ1) is 14.7. The minimum absolute atomic E-state index is 0.0138. The topological polar surface area (TPSA) is 90.9 Å². The van der Waals surface area contributed by atoms with Crippen LogP contribution in [0.3, 0.4) is 0 Å². The van der Waals surface area contributed by atoms with Gasteiger partial charge in [-0.1, -0.05) is 0 Å². The number of nitro groups is 1. The Balaban J connectivity index is 2.11. The van der Waals surface area contributed by atoms with Gasteiger partial charge in [0, 0.05) is 51.7 Å². The molecule has 1 saturated heterocycles. The molecule has 2 atom stereocenters. The Morgan fingerprint density at radius 2 is 1.95 bits per heavy atom. The lowest BCUT2D eigenvalue weighted by Gasteiger charge is -2.16. The van der Waals surface area contributed by atoms with Crippen molar-refractivity contribution in [2.75, 3.05) is 33.0 Å². The van der Waals surface area contributed by atoms with Gasteiger partial charge in [0.15, 0.2) is 0 Å². The van der Waals surface area contributed by atoms with E-state index in [4.69, 9.17) is 15.2 Å². The van der Waals surface area contributed by atoms with Crippen molar-refractivity contribution in [2.45, 2.75) is 18.8 Å². The van der Waals surface area contributed by atoms with Crippen LogP contribution in [0.5, 0.6) is 0 Å². The number of nitrogen functional groups attached to an aromatic ring is 1. The molecule has 1 aliphatic rings. The number of nitrogens with two attached hydrogens (primary N) is 1. The molecule has 0 radical (unpaired) electrons. The summed E-state index contributed by atoms with van der Waals surface area (Å²) in [6.45, 7) is 1.99. The quantitative estimate of drug-likeness (QED) is 0.492. The van der Waals surface area contributed by atoms with Crippen LogP contribution in [-0.2, 0) is 16.0 Å². The van der Waals surface area contributed by atoms with E-state index in [1.54, 1.807) is 20.3 Å². The molecule has 1 aromatic carbocycles. The van der Waals surface area contributed by atoms with Crippen molar-refractivity contribution in [1.82, 2.24) is 4.90 Å². The van der Waals surface area contributed by atoms with Crippen LogP contribution in [0.4, 0.5) is 11.4 Å². The van der Waals surface area contributed by atoms with Gasteiger partial charge in [-0.15, -0.1) is 0 Å². The predicted octanol–water partition coefficient (Wildman–Crippen LogP) is 1.02. The second-order valence-electron chi connectivity index (χ2n) is 4.88. The predicted molar refractivity (Wildman–Crippen MR) is 74.4 cm³/mol. The first-order chi connectivity index (χ1) is 9.55. The van der Waals surface area contributed by atoms with Gasteiger partial charge >= 0.3 is 0 Å². The molecular weight excluding hydrogens is 262 g/mol. The van der Waals surface area contributed by atoms with Gasteiger partial charge in [0.25, 0.3) is 5.69 Å². The number of rotatable bonds is 5. The third-order valence-corrected chi connectivity index (χ3v) is 3.63. The summed E-state index contributed by atoms with van der Waals surface area (Å²) in [6, 6.07) is 4.52. The molecule has 7 heteroatoms. The van der Waals surface area contributed by atoms with Gasteiger partial charge in [-0.2, -0.15) is 0 Å². The van der Waals surface area contributed by atoms with Crippen LogP contribution in [0.1, 0.15) is 5.56 Å². The summed E-state index contributed by atoms with van der Waals surface area (Å²) in [5.74, 6) is 0. The standard InChI is InChI=1S/C13H19N3O4/c1-19-12-7-15(8-13(12)20-2)6-9-5-10(16(17)18)3-4-11(9)14/h3-5,12-13H,6-8,14H2,1-2H3. The SMILES string of the molecule is COC1CN(Cc2cc([N+](=O)[O-])ccc2N)CC1OC. The lowest BCUT2D eigenvalue weighted by atomic mass is 10.1. The molecule has 0 aromatic heterocycles. The van der Waals surface area contributed by atoms with Crippen LogP contribution in [0, 0.1) is 10.1 Å². The van der Waals surface area contributed by atoms with E-state index in [1.165, 1.54) is 12.1 Å². The Labute approximate surface area is 117 Å². The van der Waals surface area contributed by atoms with Gasteiger partial charge in [0.05, 0.1) is 17.1 Å². The van der Waals surface area contributed by atoms with Crippen molar-refractivity contribution in [3.63, 3.8) is 0 Å². The van der Waals surface area contributed by atoms with E-state index in [0.29, 0.717) is 12.2 Å². The fourth-order valence-electron chi connectivity index (χ4n) is 2.48. The molecule has 1 fully saturated rings. The van der Waals surface area contributed by atoms with Gasteiger partial charge in [-0.25, -0.2) is 0 Å². The Morgan fingerprint density at radius 1 is 1.35 bits per heavy atom. The lowest BCUT2D eigenvalue weighted by Crippen LogP contribution is -2.27. The van der Waals surface area contributed by atoms with Crippen molar-refractivity contribution in [3.8, 4) is 0 Å². The Hall–Kier alpha value is -1.70. The lowest BCUT2D eigenvalue weighted by molar-refractivity contribution is -0.384. The molecule has 2 unspecified atom stereocenters. The van der Waals surface area contributed by atoms with Crippen LogP contribution in [0.15, 0.2) is 18.2 Å². The Kier molecular flexibility index (Phi) is 4.53. The minimum atomic E-state index is -0.414. The molecule has 20 heavy (non-hydrogen) atoms. The maximum Gasteiger partial charge on any atom is 0.269 e.